The minimum absolute atomic E-state index is 0.159. The van der Waals surface area contributed by atoms with Crippen molar-refractivity contribution in [3.63, 3.8) is 0 Å². The standard InChI is InChI=1S/C14H16F3NO/c1-10-5-6-13(8-18-10)19-9-11-3-2-4-12(7-11)14(15,16)17/h2-4,6-7,10,18H,5,8-9H2,1H3/t10-/m1/s1. The summed E-state index contributed by atoms with van der Waals surface area (Å²) >= 11 is 0. The molecule has 1 aromatic carbocycles. The molecule has 0 saturated heterocycles. The van der Waals surface area contributed by atoms with Gasteiger partial charge < -0.3 is 10.1 Å². The Hall–Kier alpha value is -1.49. The van der Waals surface area contributed by atoms with E-state index in [9.17, 15) is 13.2 Å². The monoisotopic (exact) mass is 271 g/mol. The molecular weight excluding hydrogens is 255 g/mol. The lowest BCUT2D eigenvalue weighted by molar-refractivity contribution is -0.137. The Labute approximate surface area is 110 Å². The van der Waals surface area contributed by atoms with Gasteiger partial charge in [-0.2, -0.15) is 13.2 Å². The molecular formula is C14H16F3NO. The Morgan fingerprint density at radius 3 is 2.79 bits per heavy atom. The molecule has 0 fully saturated rings. The van der Waals surface area contributed by atoms with E-state index in [0.717, 1.165) is 24.3 Å². The fourth-order valence-corrected chi connectivity index (χ4v) is 1.86. The minimum atomic E-state index is -4.31. The summed E-state index contributed by atoms with van der Waals surface area (Å²) in [6.07, 6.45) is -1.45. The first-order valence-electron chi connectivity index (χ1n) is 6.16. The van der Waals surface area contributed by atoms with Crippen molar-refractivity contribution < 1.29 is 17.9 Å². The number of alkyl halides is 3. The predicted octanol–water partition coefficient (Wildman–Crippen LogP) is 3.49. The van der Waals surface area contributed by atoms with E-state index in [-0.39, 0.29) is 6.61 Å². The second kappa shape index (κ2) is 5.65. The largest absolute Gasteiger partial charge is 0.492 e. The highest BCUT2D eigenvalue weighted by Crippen LogP contribution is 2.29. The number of benzene rings is 1. The Kier molecular flexibility index (Phi) is 4.14. The molecule has 0 saturated carbocycles. The van der Waals surface area contributed by atoms with Crippen LogP contribution in [-0.4, -0.2) is 12.6 Å². The molecule has 1 N–H and O–H groups in total. The fourth-order valence-electron chi connectivity index (χ4n) is 1.86. The number of hydrogen-bond acceptors (Lipinski definition) is 2. The van der Waals surface area contributed by atoms with Crippen LogP contribution in [0.25, 0.3) is 0 Å². The minimum Gasteiger partial charge on any atom is -0.492 e. The van der Waals surface area contributed by atoms with E-state index >= 15 is 0 Å². The smallest absolute Gasteiger partial charge is 0.416 e. The Bertz CT molecular complexity index is 468. The third-order valence-corrected chi connectivity index (χ3v) is 3.00. The summed E-state index contributed by atoms with van der Waals surface area (Å²) < 4.78 is 43.1. The van der Waals surface area contributed by atoms with Gasteiger partial charge in [-0.05, 0) is 37.1 Å². The fraction of sp³-hybridized carbons (Fsp3) is 0.429. The summed E-state index contributed by atoms with van der Waals surface area (Å²) in [4.78, 5) is 0. The lowest BCUT2D eigenvalue weighted by atomic mass is 10.1. The number of halogens is 3. The van der Waals surface area contributed by atoms with Gasteiger partial charge in [-0.15, -0.1) is 0 Å². The van der Waals surface area contributed by atoms with E-state index in [4.69, 9.17) is 4.74 Å². The molecule has 19 heavy (non-hydrogen) atoms. The van der Waals surface area contributed by atoms with Crippen molar-refractivity contribution in [2.75, 3.05) is 6.54 Å². The molecule has 2 nitrogen and oxygen atoms in total. The number of ether oxygens (including phenoxy) is 1. The van der Waals surface area contributed by atoms with E-state index in [0.29, 0.717) is 18.2 Å². The van der Waals surface area contributed by atoms with Gasteiger partial charge in [-0.3, -0.25) is 0 Å². The molecule has 2 rings (SSSR count). The summed E-state index contributed by atoms with van der Waals surface area (Å²) in [6, 6.07) is 5.64. The van der Waals surface area contributed by atoms with Crippen molar-refractivity contribution in [3.8, 4) is 0 Å². The lowest BCUT2D eigenvalue weighted by Crippen LogP contribution is -2.31. The molecule has 0 bridgehead atoms. The predicted molar refractivity (Wildman–Crippen MR) is 66.4 cm³/mol. The highest BCUT2D eigenvalue weighted by molar-refractivity contribution is 5.25. The van der Waals surface area contributed by atoms with Crippen molar-refractivity contribution in [2.24, 2.45) is 0 Å². The first kappa shape index (κ1) is 13.9. The first-order chi connectivity index (χ1) is 8.95. The average molecular weight is 271 g/mol. The van der Waals surface area contributed by atoms with Crippen molar-refractivity contribution in [1.29, 1.82) is 0 Å². The Balaban J connectivity index is 1.97. The third kappa shape index (κ3) is 3.99. The van der Waals surface area contributed by atoms with Gasteiger partial charge in [0.2, 0.25) is 0 Å². The van der Waals surface area contributed by atoms with Gasteiger partial charge in [0.15, 0.2) is 0 Å². The summed E-state index contributed by atoms with van der Waals surface area (Å²) in [6.45, 7) is 2.85. The number of nitrogens with one attached hydrogen (secondary N) is 1. The van der Waals surface area contributed by atoms with Crippen molar-refractivity contribution in [1.82, 2.24) is 5.32 Å². The molecule has 0 amide bonds. The van der Waals surface area contributed by atoms with Crippen LogP contribution in [0.15, 0.2) is 36.1 Å². The van der Waals surface area contributed by atoms with Gasteiger partial charge in [0.25, 0.3) is 0 Å². The summed E-state index contributed by atoms with van der Waals surface area (Å²) in [5, 5.41) is 3.23. The van der Waals surface area contributed by atoms with Crippen LogP contribution >= 0.6 is 0 Å². The summed E-state index contributed by atoms with van der Waals surface area (Å²) in [7, 11) is 0. The zero-order chi connectivity index (χ0) is 13.9. The van der Waals surface area contributed by atoms with Gasteiger partial charge in [-0.25, -0.2) is 0 Å². The molecule has 0 unspecified atom stereocenters. The zero-order valence-electron chi connectivity index (χ0n) is 10.6. The normalized spacial score (nSPS) is 20.0. The van der Waals surface area contributed by atoms with Crippen molar-refractivity contribution >= 4 is 0 Å². The maximum absolute atomic E-state index is 12.5. The van der Waals surface area contributed by atoms with Crippen LogP contribution in [0.1, 0.15) is 24.5 Å². The summed E-state index contributed by atoms with van der Waals surface area (Å²) in [5.74, 6) is 0.788. The van der Waals surface area contributed by atoms with Crippen LogP contribution < -0.4 is 5.32 Å². The Morgan fingerprint density at radius 2 is 2.16 bits per heavy atom. The van der Waals surface area contributed by atoms with Crippen LogP contribution in [-0.2, 0) is 17.5 Å². The van der Waals surface area contributed by atoms with Gasteiger partial charge in [0, 0.05) is 6.04 Å². The molecule has 1 aliphatic heterocycles. The molecule has 0 spiro atoms. The zero-order valence-corrected chi connectivity index (χ0v) is 10.6. The molecule has 1 atom stereocenters. The van der Waals surface area contributed by atoms with Gasteiger partial charge in [-0.1, -0.05) is 12.1 Å². The van der Waals surface area contributed by atoms with Crippen LogP contribution in [0.2, 0.25) is 0 Å². The van der Waals surface area contributed by atoms with E-state index in [1.807, 2.05) is 6.08 Å². The number of hydrogen-bond donors (Lipinski definition) is 1. The van der Waals surface area contributed by atoms with Gasteiger partial charge >= 0.3 is 6.18 Å². The molecule has 0 radical (unpaired) electrons. The van der Waals surface area contributed by atoms with Crippen LogP contribution in [0.3, 0.4) is 0 Å². The van der Waals surface area contributed by atoms with E-state index in [2.05, 4.69) is 12.2 Å². The van der Waals surface area contributed by atoms with Crippen molar-refractivity contribution in [2.45, 2.75) is 32.2 Å². The SMILES string of the molecule is C[C@@H]1CC=C(OCc2cccc(C(F)(F)F)c2)CN1. The number of rotatable bonds is 3. The lowest BCUT2D eigenvalue weighted by Gasteiger charge is -2.20. The van der Waals surface area contributed by atoms with Crippen molar-refractivity contribution in [3.05, 3.63) is 47.2 Å². The second-order valence-corrected chi connectivity index (χ2v) is 4.67. The van der Waals surface area contributed by atoms with Gasteiger partial charge in [0.1, 0.15) is 12.4 Å². The van der Waals surface area contributed by atoms with E-state index < -0.39 is 11.7 Å². The topological polar surface area (TPSA) is 21.3 Å². The van der Waals surface area contributed by atoms with Crippen LogP contribution in [0.4, 0.5) is 13.2 Å². The molecule has 5 heteroatoms. The third-order valence-electron chi connectivity index (χ3n) is 3.00. The molecule has 104 valence electrons. The van der Waals surface area contributed by atoms with Crippen LogP contribution in [0.5, 0.6) is 0 Å². The first-order valence-corrected chi connectivity index (χ1v) is 6.16. The van der Waals surface area contributed by atoms with E-state index in [1.165, 1.54) is 6.07 Å². The van der Waals surface area contributed by atoms with E-state index in [1.54, 1.807) is 6.07 Å². The highest BCUT2D eigenvalue weighted by Gasteiger charge is 2.30. The maximum atomic E-state index is 12.5. The van der Waals surface area contributed by atoms with Gasteiger partial charge in [0.05, 0.1) is 12.1 Å². The quantitative estimate of drug-likeness (QED) is 0.908. The second-order valence-electron chi connectivity index (χ2n) is 4.67. The molecule has 1 aromatic rings. The molecule has 0 aliphatic carbocycles. The Morgan fingerprint density at radius 1 is 1.37 bits per heavy atom. The average Bonchev–Trinajstić information content (AvgIpc) is 2.37. The molecule has 1 aliphatic rings. The molecule has 0 aromatic heterocycles. The maximum Gasteiger partial charge on any atom is 0.416 e. The summed E-state index contributed by atoms with van der Waals surface area (Å²) in [5.41, 5.74) is -0.118. The highest BCUT2D eigenvalue weighted by atomic mass is 19.4. The van der Waals surface area contributed by atoms with Crippen LogP contribution in [0, 0.1) is 0 Å². The molecule has 1 heterocycles.